The van der Waals surface area contributed by atoms with Crippen molar-refractivity contribution in [3.05, 3.63) is 49.9 Å². The van der Waals surface area contributed by atoms with Crippen molar-refractivity contribution in [2.24, 2.45) is 0 Å². The second-order valence-electron chi connectivity index (χ2n) is 3.97. The zero-order chi connectivity index (χ0) is 15.8. The van der Waals surface area contributed by atoms with Crippen LogP contribution >= 0.6 is 50.7 Å². The van der Waals surface area contributed by atoms with Gasteiger partial charge >= 0.3 is 0 Å². The second kappa shape index (κ2) is 6.22. The monoisotopic (exact) mass is 429 g/mol. The first-order valence-corrected chi connectivity index (χ1v) is 8.77. The highest BCUT2D eigenvalue weighted by atomic mass is 79.9. The van der Waals surface area contributed by atoms with Crippen LogP contribution < -0.4 is 4.72 Å². The number of phenols is 1. The van der Waals surface area contributed by atoms with Gasteiger partial charge in [0.15, 0.2) is 5.75 Å². The van der Waals surface area contributed by atoms with Crippen molar-refractivity contribution in [1.82, 2.24) is 0 Å². The molecule has 0 saturated carbocycles. The van der Waals surface area contributed by atoms with Crippen LogP contribution in [0.15, 0.2) is 39.7 Å². The molecule has 0 aliphatic rings. The summed E-state index contributed by atoms with van der Waals surface area (Å²) in [6.07, 6.45) is 0. The van der Waals surface area contributed by atoms with Gasteiger partial charge in [0.2, 0.25) is 0 Å². The topological polar surface area (TPSA) is 66.4 Å². The molecular formula is C12H7BrCl3NO3S. The van der Waals surface area contributed by atoms with E-state index in [1.807, 2.05) is 0 Å². The minimum Gasteiger partial charge on any atom is -0.505 e. The molecule has 0 aliphatic heterocycles. The van der Waals surface area contributed by atoms with Gasteiger partial charge in [-0.05, 0) is 46.3 Å². The lowest BCUT2D eigenvalue weighted by atomic mass is 10.3. The highest BCUT2D eigenvalue weighted by Crippen LogP contribution is 2.35. The van der Waals surface area contributed by atoms with Gasteiger partial charge in [0, 0.05) is 4.47 Å². The van der Waals surface area contributed by atoms with Crippen LogP contribution in [-0.4, -0.2) is 13.5 Å². The number of benzene rings is 2. The average Bonchev–Trinajstić information content (AvgIpc) is 2.38. The fourth-order valence-electron chi connectivity index (χ4n) is 1.48. The lowest BCUT2D eigenvalue weighted by Gasteiger charge is -2.10. The number of anilines is 1. The summed E-state index contributed by atoms with van der Waals surface area (Å²) in [5.74, 6) is -0.310. The van der Waals surface area contributed by atoms with E-state index >= 15 is 0 Å². The number of nitrogens with one attached hydrogen (secondary N) is 1. The summed E-state index contributed by atoms with van der Waals surface area (Å²) in [5, 5.41) is 9.73. The van der Waals surface area contributed by atoms with E-state index in [0.29, 0.717) is 9.50 Å². The summed E-state index contributed by atoms with van der Waals surface area (Å²) >= 11 is 20.5. The number of aromatic hydroxyl groups is 1. The number of sulfonamides is 1. The quantitative estimate of drug-likeness (QED) is 0.678. The molecule has 0 atom stereocenters. The van der Waals surface area contributed by atoms with Crippen molar-refractivity contribution in [3.8, 4) is 5.75 Å². The number of rotatable bonds is 3. The maximum Gasteiger partial charge on any atom is 0.261 e. The lowest BCUT2D eigenvalue weighted by molar-refractivity contribution is 0.476. The Morgan fingerprint density at radius 2 is 1.57 bits per heavy atom. The van der Waals surface area contributed by atoms with Gasteiger partial charge in [0.25, 0.3) is 10.0 Å². The van der Waals surface area contributed by atoms with Crippen molar-refractivity contribution >= 4 is 66.4 Å². The Bertz CT molecular complexity index is 788. The van der Waals surface area contributed by atoms with E-state index in [1.165, 1.54) is 30.3 Å². The van der Waals surface area contributed by atoms with Crippen LogP contribution in [-0.2, 0) is 10.0 Å². The van der Waals surface area contributed by atoms with Crippen LogP contribution in [0.1, 0.15) is 0 Å². The van der Waals surface area contributed by atoms with Gasteiger partial charge in [-0.25, -0.2) is 8.42 Å². The van der Waals surface area contributed by atoms with E-state index in [4.69, 9.17) is 34.8 Å². The zero-order valence-electron chi connectivity index (χ0n) is 10.1. The van der Waals surface area contributed by atoms with E-state index in [1.54, 1.807) is 0 Å². The molecule has 0 spiro atoms. The molecule has 0 aromatic heterocycles. The molecule has 2 N–H and O–H groups in total. The lowest BCUT2D eigenvalue weighted by Crippen LogP contribution is -2.13. The van der Waals surface area contributed by atoms with Crippen molar-refractivity contribution in [2.45, 2.75) is 4.90 Å². The van der Waals surface area contributed by atoms with Crippen LogP contribution in [0.5, 0.6) is 5.75 Å². The van der Waals surface area contributed by atoms with Crippen molar-refractivity contribution in [3.63, 3.8) is 0 Å². The molecule has 9 heteroatoms. The molecular weight excluding hydrogens is 424 g/mol. The third-order valence-electron chi connectivity index (χ3n) is 2.47. The molecule has 4 nitrogen and oxygen atoms in total. The van der Waals surface area contributed by atoms with Crippen molar-refractivity contribution in [2.75, 3.05) is 4.72 Å². The first-order valence-electron chi connectivity index (χ1n) is 5.36. The summed E-state index contributed by atoms with van der Waals surface area (Å²) in [6.45, 7) is 0. The van der Waals surface area contributed by atoms with Gasteiger partial charge in [-0.15, -0.1) is 0 Å². The predicted octanol–water partition coefficient (Wildman–Crippen LogP) is 4.92. The standard InChI is InChI=1S/C12H7BrCl3NO3S/c13-8-5-7(1-2-9(8)14)21(19,20)17-6-3-10(15)12(18)11(16)4-6/h1-5,17-18H. The van der Waals surface area contributed by atoms with Crippen molar-refractivity contribution < 1.29 is 13.5 Å². The maximum atomic E-state index is 12.2. The summed E-state index contributed by atoms with van der Waals surface area (Å²) in [4.78, 5) is 0.0131. The van der Waals surface area contributed by atoms with Crippen LogP contribution in [0, 0.1) is 0 Å². The van der Waals surface area contributed by atoms with E-state index in [0.717, 1.165) is 0 Å². The van der Waals surface area contributed by atoms with Crippen LogP contribution in [0.3, 0.4) is 0 Å². The Labute approximate surface area is 144 Å². The normalized spacial score (nSPS) is 11.4. The minimum atomic E-state index is -3.84. The predicted molar refractivity (Wildman–Crippen MR) is 88.1 cm³/mol. The Kier molecular flexibility index (Phi) is 4.95. The maximum absolute atomic E-state index is 12.2. The van der Waals surface area contributed by atoms with E-state index in [9.17, 15) is 13.5 Å². The average molecular weight is 432 g/mol. The SMILES string of the molecule is O=S(=O)(Nc1cc(Cl)c(O)c(Cl)c1)c1ccc(Cl)c(Br)c1. The van der Waals surface area contributed by atoms with E-state index in [-0.39, 0.29) is 26.4 Å². The first kappa shape index (κ1) is 16.7. The number of halogens is 4. The van der Waals surface area contributed by atoms with Gasteiger partial charge in [-0.2, -0.15) is 0 Å². The van der Waals surface area contributed by atoms with Crippen LogP contribution in [0.25, 0.3) is 0 Å². The third kappa shape index (κ3) is 3.76. The Morgan fingerprint density at radius 1 is 1.00 bits per heavy atom. The summed E-state index contributed by atoms with van der Waals surface area (Å²) in [6, 6.07) is 6.70. The second-order valence-corrected chi connectivity index (χ2v) is 7.73. The molecule has 2 aromatic rings. The fourth-order valence-corrected chi connectivity index (χ4v) is 3.68. The Hall–Kier alpha value is -0.660. The molecule has 2 aromatic carbocycles. The van der Waals surface area contributed by atoms with Crippen LogP contribution in [0.4, 0.5) is 5.69 Å². The molecule has 0 fully saturated rings. The Morgan fingerprint density at radius 3 is 2.10 bits per heavy atom. The van der Waals surface area contributed by atoms with E-state index in [2.05, 4.69) is 20.7 Å². The molecule has 0 heterocycles. The summed E-state index contributed by atoms with van der Waals surface area (Å²) in [5.41, 5.74) is 0.133. The summed E-state index contributed by atoms with van der Waals surface area (Å²) < 4.78 is 27.3. The van der Waals surface area contributed by atoms with Crippen molar-refractivity contribution in [1.29, 1.82) is 0 Å². The highest BCUT2D eigenvalue weighted by molar-refractivity contribution is 9.10. The highest BCUT2D eigenvalue weighted by Gasteiger charge is 2.17. The number of hydrogen-bond donors (Lipinski definition) is 2. The van der Waals surface area contributed by atoms with Gasteiger partial charge in [0.1, 0.15) is 0 Å². The molecule has 0 saturated heterocycles. The minimum absolute atomic E-state index is 0.0131. The molecule has 0 bridgehead atoms. The van der Waals surface area contributed by atoms with Crippen LogP contribution in [0.2, 0.25) is 15.1 Å². The fraction of sp³-hybridized carbons (Fsp3) is 0. The number of phenolic OH excluding ortho intramolecular Hbond substituents is 1. The van der Waals surface area contributed by atoms with E-state index < -0.39 is 10.0 Å². The largest absolute Gasteiger partial charge is 0.505 e. The molecule has 0 amide bonds. The van der Waals surface area contributed by atoms with Gasteiger partial charge in [-0.1, -0.05) is 34.8 Å². The molecule has 0 radical (unpaired) electrons. The zero-order valence-corrected chi connectivity index (χ0v) is 14.7. The van der Waals surface area contributed by atoms with Gasteiger partial charge < -0.3 is 5.11 Å². The third-order valence-corrected chi connectivity index (χ3v) is 5.64. The number of hydrogen-bond acceptors (Lipinski definition) is 3. The summed E-state index contributed by atoms with van der Waals surface area (Å²) in [7, 11) is -3.84. The first-order chi connectivity index (χ1) is 9.70. The molecule has 0 unspecified atom stereocenters. The smallest absolute Gasteiger partial charge is 0.261 e. The molecule has 0 aliphatic carbocycles. The Balaban J connectivity index is 2.39. The molecule has 21 heavy (non-hydrogen) atoms. The van der Waals surface area contributed by atoms with Gasteiger partial charge in [-0.3, -0.25) is 4.72 Å². The molecule has 112 valence electrons. The molecule has 2 rings (SSSR count). The van der Waals surface area contributed by atoms with Gasteiger partial charge in [0.05, 0.1) is 25.7 Å².